The summed E-state index contributed by atoms with van der Waals surface area (Å²) in [4.78, 5) is 31.4. The van der Waals surface area contributed by atoms with Crippen molar-refractivity contribution in [1.82, 2.24) is 9.80 Å². The monoisotopic (exact) mass is 443 g/mol. The van der Waals surface area contributed by atoms with Crippen LogP contribution in [0, 0.1) is 11.7 Å². The van der Waals surface area contributed by atoms with Crippen LogP contribution in [0.5, 0.6) is 0 Å². The first kappa shape index (κ1) is 21.7. The number of likely N-dealkylation sites (tertiary alicyclic amines) is 2. The number of benzene rings is 1. The van der Waals surface area contributed by atoms with Crippen molar-refractivity contribution < 1.29 is 18.7 Å². The van der Waals surface area contributed by atoms with Gasteiger partial charge in [0, 0.05) is 42.7 Å². The van der Waals surface area contributed by atoms with E-state index in [2.05, 4.69) is 4.90 Å². The fourth-order valence-corrected chi connectivity index (χ4v) is 6.09. The Morgan fingerprint density at radius 3 is 2.44 bits per heavy atom. The molecule has 2 amide bonds. The number of hydrogen-bond acceptors (Lipinski definition) is 4. The van der Waals surface area contributed by atoms with Gasteiger partial charge in [-0.3, -0.25) is 4.79 Å². The van der Waals surface area contributed by atoms with Gasteiger partial charge >= 0.3 is 6.09 Å². The highest BCUT2D eigenvalue weighted by Crippen LogP contribution is 2.49. The molecule has 0 aromatic heterocycles. The molecule has 5 rings (SSSR count). The molecule has 0 atom stereocenters. The number of carbonyl (C=O) groups excluding carboxylic acids is 2. The summed E-state index contributed by atoms with van der Waals surface area (Å²) in [6.07, 6.45) is 6.70. The Balaban J connectivity index is 1.25. The van der Waals surface area contributed by atoms with Gasteiger partial charge in [-0.15, -0.1) is 0 Å². The highest BCUT2D eigenvalue weighted by molar-refractivity contribution is 5.98. The van der Waals surface area contributed by atoms with Crippen molar-refractivity contribution in [3.8, 4) is 0 Å². The van der Waals surface area contributed by atoms with E-state index in [1.54, 1.807) is 6.07 Å². The maximum Gasteiger partial charge on any atom is 0.409 e. The first-order chi connectivity index (χ1) is 15.5. The van der Waals surface area contributed by atoms with Gasteiger partial charge in [0.1, 0.15) is 5.82 Å². The summed E-state index contributed by atoms with van der Waals surface area (Å²) in [5.74, 6) is 0.164. The minimum absolute atomic E-state index is 0.140. The summed E-state index contributed by atoms with van der Waals surface area (Å²) in [5, 5.41) is 0. The molecule has 32 heavy (non-hydrogen) atoms. The lowest BCUT2D eigenvalue weighted by Crippen LogP contribution is -2.52. The minimum Gasteiger partial charge on any atom is -0.450 e. The molecule has 3 aliphatic heterocycles. The van der Waals surface area contributed by atoms with E-state index in [1.807, 2.05) is 22.8 Å². The molecule has 174 valence electrons. The maximum atomic E-state index is 14.2. The predicted molar refractivity (Wildman–Crippen MR) is 120 cm³/mol. The molecule has 0 bridgehead atoms. The summed E-state index contributed by atoms with van der Waals surface area (Å²) in [7, 11) is 0. The van der Waals surface area contributed by atoms with Crippen LogP contribution in [0.1, 0.15) is 57.4 Å². The fraction of sp³-hybridized carbons (Fsp3) is 0.680. The van der Waals surface area contributed by atoms with E-state index in [1.165, 1.54) is 6.07 Å². The van der Waals surface area contributed by atoms with Gasteiger partial charge in [-0.05, 0) is 82.3 Å². The van der Waals surface area contributed by atoms with E-state index < -0.39 is 0 Å². The van der Waals surface area contributed by atoms with Gasteiger partial charge in [0.05, 0.1) is 6.61 Å². The molecule has 1 aliphatic carbocycles. The Morgan fingerprint density at radius 2 is 1.81 bits per heavy atom. The van der Waals surface area contributed by atoms with Gasteiger partial charge in [-0.25, -0.2) is 9.18 Å². The second kappa shape index (κ2) is 8.65. The number of hydrogen-bond donors (Lipinski definition) is 0. The Kier molecular flexibility index (Phi) is 5.86. The number of fused-ring (bicyclic) bond motifs is 2. The van der Waals surface area contributed by atoms with Crippen LogP contribution in [-0.2, 0) is 14.9 Å². The molecule has 1 aromatic carbocycles. The minimum atomic E-state index is -0.213. The Labute approximate surface area is 189 Å². The van der Waals surface area contributed by atoms with Crippen LogP contribution in [0.25, 0.3) is 0 Å². The summed E-state index contributed by atoms with van der Waals surface area (Å²) < 4.78 is 19.4. The van der Waals surface area contributed by atoms with Crippen LogP contribution in [-0.4, -0.2) is 67.2 Å². The quantitative estimate of drug-likeness (QED) is 0.711. The predicted octanol–water partition coefficient (Wildman–Crippen LogP) is 3.93. The van der Waals surface area contributed by atoms with E-state index in [0.29, 0.717) is 19.2 Å². The first-order valence-electron chi connectivity index (χ1n) is 12.3. The average molecular weight is 444 g/mol. The van der Waals surface area contributed by atoms with Gasteiger partial charge in [-0.1, -0.05) is 6.42 Å². The molecule has 6 nitrogen and oxygen atoms in total. The number of halogens is 1. The first-order valence-corrected chi connectivity index (χ1v) is 12.3. The molecule has 1 spiro atoms. The number of nitrogens with zero attached hydrogens (tertiary/aromatic N) is 3. The largest absolute Gasteiger partial charge is 0.450 e. The third-order valence-electron chi connectivity index (χ3n) is 8.26. The third kappa shape index (κ3) is 3.78. The number of rotatable bonds is 3. The zero-order valence-electron chi connectivity index (χ0n) is 19.0. The Hall–Kier alpha value is -2.15. The zero-order chi connectivity index (χ0) is 22.3. The van der Waals surface area contributed by atoms with Crippen LogP contribution in [0.15, 0.2) is 18.2 Å². The Bertz CT molecular complexity index is 871. The topological polar surface area (TPSA) is 53.1 Å². The van der Waals surface area contributed by atoms with Crippen molar-refractivity contribution in [2.45, 2.75) is 63.3 Å². The molecule has 1 aromatic rings. The standard InChI is InChI=1S/C25H34FN3O3/c1-2-32-24(31)28-12-8-20(9-13-28)27-14-10-25(11-15-27)17-29(23(30)18-4-3-5-18)22-7-6-19(26)16-21(22)25/h6-7,16,18,20H,2-5,8-15,17H2,1H3. The smallest absolute Gasteiger partial charge is 0.409 e. The molecular weight excluding hydrogens is 409 g/mol. The molecule has 0 radical (unpaired) electrons. The van der Waals surface area contributed by atoms with Crippen molar-refractivity contribution in [3.63, 3.8) is 0 Å². The van der Waals surface area contributed by atoms with Crippen molar-refractivity contribution in [3.05, 3.63) is 29.6 Å². The molecule has 0 N–H and O–H groups in total. The van der Waals surface area contributed by atoms with E-state index in [0.717, 1.165) is 82.4 Å². The van der Waals surface area contributed by atoms with Crippen LogP contribution >= 0.6 is 0 Å². The molecular formula is C25H34FN3O3. The van der Waals surface area contributed by atoms with Crippen LogP contribution in [0.2, 0.25) is 0 Å². The fourth-order valence-electron chi connectivity index (χ4n) is 6.09. The molecule has 7 heteroatoms. The van der Waals surface area contributed by atoms with Gasteiger partial charge in [0.15, 0.2) is 0 Å². The van der Waals surface area contributed by atoms with Gasteiger partial charge in [0.25, 0.3) is 0 Å². The van der Waals surface area contributed by atoms with Crippen LogP contribution in [0.4, 0.5) is 14.9 Å². The number of carbonyl (C=O) groups is 2. The molecule has 1 saturated carbocycles. The van der Waals surface area contributed by atoms with E-state index in [4.69, 9.17) is 4.74 Å². The van der Waals surface area contributed by atoms with Crippen LogP contribution in [0.3, 0.4) is 0 Å². The highest BCUT2D eigenvalue weighted by Gasteiger charge is 2.48. The molecule has 0 unspecified atom stereocenters. The summed E-state index contributed by atoms with van der Waals surface area (Å²) in [6.45, 7) is 6.32. The Morgan fingerprint density at radius 1 is 1.09 bits per heavy atom. The molecule has 4 aliphatic rings. The lowest BCUT2D eigenvalue weighted by molar-refractivity contribution is -0.124. The second-order valence-corrected chi connectivity index (χ2v) is 9.95. The van der Waals surface area contributed by atoms with E-state index in [-0.39, 0.29) is 29.2 Å². The number of amides is 2. The molecule has 2 saturated heterocycles. The highest BCUT2D eigenvalue weighted by atomic mass is 19.1. The van der Waals surface area contributed by atoms with Crippen molar-refractivity contribution >= 4 is 17.7 Å². The van der Waals surface area contributed by atoms with Gasteiger partial charge in [0.2, 0.25) is 5.91 Å². The van der Waals surface area contributed by atoms with Crippen molar-refractivity contribution in [2.24, 2.45) is 5.92 Å². The zero-order valence-corrected chi connectivity index (χ0v) is 19.0. The second-order valence-electron chi connectivity index (χ2n) is 9.95. The van der Waals surface area contributed by atoms with Gasteiger partial charge < -0.3 is 19.4 Å². The maximum absolute atomic E-state index is 14.2. The van der Waals surface area contributed by atoms with Gasteiger partial charge in [-0.2, -0.15) is 0 Å². The van der Waals surface area contributed by atoms with E-state index in [9.17, 15) is 14.0 Å². The lowest BCUT2D eigenvalue weighted by atomic mass is 9.73. The van der Waals surface area contributed by atoms with Crippen molar-refractivity contribution in [1.29, 1.82) is 0 Å². The third-order valence-corrected chi connectivity index (χ3v) is 8.26. The molecule has 3 fully saturated rings. The SMILES string of the molecule is CCOC(=O)N1CCC(N2CCC3(CC2)CN(C(=O)C2CCC2)c2ccc(F)cc23)CC1. The summed E-state index contributed by atoms with van der Waals surface area (Å²) >= 11 is 0. The average Bonchev–Trinajstić information content (AvgIpc) is 3.07. The summed E-state index contributed by atoms with van der Waals surface area (Å²) in [5.41, 5.74) is 1.82. The summed E-state index contributed by atoms with van der Waals surface area (Å²) in [6, 6.07) is 5.45. The van der Waals surface area contributed by atoms with E-state index >= 15 is 0 Å². The van der Waals surface area contributed by atoms with Crippen LogP contribution < -0.4 is 4.90 Å². The number of anilines is 1. The lowest BCUT2D eigenvalue weighted by Gasteiger charge is -2.45. The van der Waals surface area contributed by atoms with Crippen molar-refractivity contribution in [2.75, 3.05) is 44.2 Å². The number of ether oxygens (including phenoxy) is 1. The molecule has 3 heterocycles. The number of piperidine rings is 2. The normalized spacial score (nSPS) is 23.8.